The summed E-state index contributed by atoms with van der Waals surface area (Å²) in [5.74, 6) is -0.764. The molecule has 1 saturated carbocycles. The monoisotopic (exact) mass is 293 g/mol. The van der Waals surface area contributed by atoms with E-state index in [1.54, 1.807) is 0 Å². The van der Waals surface area contributed by atoms with Crippen LogP contribution in [0.4, 0.5) is 4.39 Å². The van der Waals surface area contributed by atoms with Gasteiger partial charge in [0.2, 0.25) is 0 Å². The van der Waals surface area contributed by atoms with Gasteiger partial charge in [-0.25, -0.2) is 4.39 Å². The number of ether oxygens (including phenoxy) is 1. The van der Waals surface area contributed by atoms with E-state index in [4.69, 9.17) is 4.74 Å². The molecule has 21 heavy (non-hydrogen) atoms. The van der Waals surface area contributed by atoms with Crippen molar-refractivity contribution in [1.82, 2.24) is 5.32 Å². The Morgan fingerprint density at radius 3 is 2.67 bits per heavy atom. The van der Waals surface area contributed by atoms with Crippen molar-refractivity contribution >= 4 is 11.7 Å². The van der Waals surface area contributed by atoms with Gasteiger partial charge < -0.3 is 10.1 Å². The lowest BCUT2D eigenvalue weighted by Crippen LogP contribution is -2.39. The molecule has 0 radical (unpaired) electrons. The van der Waals surface area contributed by atoms with Crippen LogP contribution in [-0.4, -0.2) is 24.3 Å². The molecule has 0 atom stereocenters. The van der Waals surface area contributed by atoms with Gasteiger partial charge in [0.25, 0.3) is 5.91 Å². The highest BCUT2D eigenvalue weighted by Gasteiger charge is 2.17. The van der Waals surface area contributed by atoms with Gasteiger partial charge in [0.15, 0.2) is 12.4 Å². The van der Waals surface area contributed by atoms with Gasteiger partial charge in [-0.1, -0.05) is 19.3 Å². The molecule has 5 heteroatoms. The van der Waals surface area contributed by atoms with Crippen molar-refractivity contribution in [3.05, 3.63) is 29.6 Å². The van der Waals surface area contributed by atoms with E-state index in [1.165, 1.54) is 25.5 Å². The summed E-state index contributed by atoms with van der Waals surface area (Å²) in [6.45, 7) is 1.17. The Kier molecular flexibility index (Phi) is 5.31. The van der Waals surface area contributed by atoms with Crippen LogP contribution < -0.4 is 10.1 Å². The van der Waals surface area contributed by atoms with Gasteiger partial charge in [0.05, 0.1) is 5.56 Å². The first-order valence-corrected chi connectivity index (χ1v) is 7.29. The Labute approximate surface area is 123 Å². The summed E-state index contributed by atoms with van der Waals surface area (Å²) >= 11 is 0. The fourth-order valence-corrected chi connectivity index (χ4v) is 2.56. The van der Waals surface area contributed by atoms with Crippen LogP contribution in [0.25, 0.3) is 0 Å². The number of carbonyl (C=O) groups is 2. The van der Waals surface area contributed by atoms with Crippen molar-refractivity contribution in [3.8, 4) is 5.75 Å². The third-order valence-electron chi connectivity index (χ3n) is 3.65. The van der Waals surface area contributed by atoms with Gasteiger partial charge >= 0.3 is 0 Å². The highest BCUT2D eigenvalue weighted by atomic mass is 19.1. The predicted octanol–water partition coefficient (Wildman–Crippen LogP) is 2.86. The molecule has 0 saturated heterocycles. The molecule has 1 aliphatic rings. The van der Waals surface area contributed by atoms with Crippen LogP contribution >= 0.6 is 0 Å². The molecule has 2 rings (SSSR count). The molecule has 114 valence electrons. The summed E-state index contributed by atoms with van der Waals surface area (Å²) in [6.07, 6.45) is 5.50. The van der Waals surface area contributed by atoms with Crippen molar-refractivity contribution in [2.24, 2.45) is 0 Å². The Hall–Kier alpha value is -1.91. The summed E-state index contributed by atoms with van der Waals surface area (Å²) in [5.41, 5.74) is 0.153. The smallest absolute Gasteiger partial charge is 0.258 e. The molecule has 0 spiro atoms. The number of hydrogen-bond acceptors (Lipinski definition) is 3. The SMILES string of the molecule is CC(=O)c1cc(F)ccc1OCC(=O)NC1CCCCC1. The summed E-state index contributed by atoms with van der Waals surface area (Å²) in [6, 6.07) is 3.92. The van der Waals surface area contributed by atoms with E-state index in [1.807, 2.05) is 0 Å². The number of rotatable bonds is 5. The zero-order chi connectivity index (χ0) is 15.2. The third kappa shape index (κ3) is 4.55. The molecule has 1 fully saturated rings. The lowest BCUT2D eigenvalue weighted by atomic mass is 9.95. The van der Waals surface area contributed by atoms with Crippen molar-refractivity contribution in [3.63, 3.8) is 0 Å². The molecular weight excluding hydrogens is 273 g/mol. The Morgan fingerprint density at radius 2 is 2.00 bits per heavy atom. The molecule has 0 unspecified atom stereocenters. The van der Waals surface area contributed by atoms with Crippen LogP contribution in [-0.2, 0) is 4.79 Å². The lowest BCUT2D eigenvalue weighted by Gasteiger charge is -2.22. The predicted molar refractivity (Wildman–Crippen MR) is 76.9 cm³/mol. The van der Waals surface area contributed by atoms with E-state index in [0.717, 1.165) is 31.7 Å². The topological polar surface area (TPSA) is 55.4 Å². The molecule has 0 heterocycles. The average molecular weight is 293 g/mol. The summed E-state index contributed by atoms with van der Waals surface area (Å²) in [5, 5.41) is 2.93. The fraction of sp³-hybridized carbons (Fsp3) is 0.500. The molecule has 0 aliphatic heterocycles. The molecule has 1 aliphatic carbocycles. The van der Waals surface area contributed by atoms with Crippen LogP contribution in [0.2, 0.25) is 0 Å². The minimum atomic E-state index is -0.501. The third-order valence-corrected chi connectivity index (χ3v) is 3.65. The second-order valence-corrected chi connectivity index (χ2v) is 5.39. The highest BCUT2D eigenvalue weighted by molar-refractivity contribution is 5.96. The van der Waals surface area contributed by atoms with E-state index in [9.17, 15) is 14.0 Å². The number of benzene rings is 1. The maximum Gasteiger partial charge on any atom is 0.258 e. The number of carbonyl (C=O) groups excluding carboxylic acids is 2. The molecule has 0 bridgehead atoms. The van der Waals surface area contributed by atoms with Crippen LogP contribution in [0, 0.1) is 5.82 Å². The van der Waals surface area contributed by atoms with Crippen LogP contribution in [0.1, 0.15) is 49.4 Å². The normalized spacial score (nSPS) is 15.5. The number of Topliss-reactive ketones (excluding diaryl/α,β-unsaturated/α-hetero) is 1. The van der Waals surface area contributed by atoms with E-state index < -0.39 is 5.82 Å². The quantitative estimate of drug-likeness (QED) is 0.849. The largest absolute Gasteiger partial charge is 0.483 e. The number of hydrogen-bond donors (Lipinski definition) is 1. The Bertz CT molecular complexity index is 524. The van der Waals surface area contributed by atoms with Gasteiger partial charge in [-0.05, 0) is 38.0 Å². The van der Waals surface area contributed by atoms with E-state index >= 15 is 0 Å². The summed E-state index contributed by atoms with van der Waals surface area (Å²) < 4.78 is 18.5. The van der Waals surface area contributed by atoms with Crippen molar-refractivity contribution < 1.29 is 18.7 Å². The van der Waals surface area contributed by atoms with E-state index in [2.05, 4.69) is 5.32 Å². The van der Waals surface area contributed by atoms with Crippen molar-refractivity contribution in [1.29, 1.82) is 0 Å². The maximum absolute atomic E-state index is 13.1. The second-order valence-electron chi connectivity index (χ2n) is 5.39. The molecule has 1 N–H and O–H groups in total. The summed E-state index contributed by atoms with van der Waals surface area (Å²) in [7, 11) is 0. The number of nitrogens with one attached hydrogen (secondary N) is 1. The van der Waals surface area contributed by atoms with Crippen LogP contribution in [0.3, 0.4) is 0 Å². The minimum absolute atomic E-state index is 0.153. The van der Waals surface area contributed by atoms with Crippen molar-refractivity contribution in [2.75, 3.05) is 6.61 Å². The fourth-order valence-electron chi connectivity index (χ4n) is 2.56. The zero-order valence-corrected chi connectivity index (χ0v) is 12.2. The zero-order valence-electron chi connectivity index (χ0n) is 12.2. The standard InChI is InChI=1S/C16H20FNO3/c1-11(19)14-9-12(17)7-8-15(14)21-10-16(20)18-13-5-3-2-4-6-13/h7-9,13H,2-6,10H2,1H3,(H,18,20). The van der Waals surface area contributed by atoms with Gasteiger partial charge in [-0.2, -0.15) is 0 Å². The highest BCUT2D eigenvalue weighted by Crippen LogP contribution is 2.20. The first kappa shape index (κ1) is 15.5. The van der Waals surface area contributed by atoms with Crippen molar-refractivity contribution in [2.45, 2.75) is 45.1 Å². The average Bonchev–Trinajstić information content (AvgIpc) is 2.47. The first-order valence-electron chi connectivity index (χ1n) is 7.29. The molecular formula is C16H20FNO3. The Balaban J connectivity index is 1.90. The van der Waals surface area contributed by atoms with Crippen LogP contribution in [0.5, 0.6) is 5.75 Å². The maximum atomic E-state index is 13.1. The van der Waals surface area contributed by atoms with Gasteiger partial charge in [-0.15, -0.1) is 0 Å². The van der Waals surface area contributed by atoms with E-state index in [0.29, 0.717) is 0 Å². The Morgan fingerprint density at radius 1 is 1.29 bits per heavy atom. The number of halogens is 1. The number of ketones is 1. The second kappa shape index (κ2) is 7.20. The van der Waals surface area contributed by atoms with Gasteiger partial charge in [0, 0.05) is 6.04 Å². The van der Waals surface area contributed by atoms with Crippen LogP contribution in [0.15, 0.2) is 18.2 Å². The first-order chi connectivity index (χ1) is 10.1. The molecule has 0 aromatic heterocycles. The van der Waals surface area contributed by atoms with E-state index in [-0.39, 0.29) is 35.7 Å². The van der Waals surface area contributed by atoms with Gasteiger partial charge in [0.1, 0.15) is 11.6 Å². The molecule has 1 aromatic rings. The van der Waals surface area contributed by atoms with Gasteiger partial charge in [-0.3, -0.25) is 9.59 Å². The lowest BCUT2D eigenvalue weighted by molar-refractivity contribution is -0.124. The molecule has 1 aromatic carbocycles. The summed E-state index contributed by atoms with van der Waals surface area (Å²) in [4.78, 5) is 23.3. The minimum Gasteiger partial charge on any atom is -0.483 e. The number of amides is 1. The molecule has 1 amide bonds. The molecule has 4 nitrogen and oxygen atoms in total.